The standard InChI is InChI=1S/C48H38/c1-2-12-32(13-3-1)36-14-4-5-16-38(36)47-41-19-8-6-17-39(41)46(40-18-7-9-20-42(40)47)33-22-23-45-43(29-33)37-15-10-11-21-44(37)48(45)34-25-30-24-31(27-34)28-35(48)26-30/h1-23,29-31,34-35H,24-28H2. The van der Waals surface area contributed by atoms with Gasteiger partial charge in [-0.15, -0.1) is 0 Å². The lowest BCUT2D eigenvalue weighted by Gasteiger charge is -2.61. The summed E-state index contributed by atoms with van der Waals surface area (Å²) in [7, 11) is 0. The van der Waals surface area contributed by atoms with E-state index in [0.29, 0.717) is 0 Å². The Morgan fingerprint density at radius 2 is 0.854 bits per heavy atom. The number of rotatable bonds is 3. The first kappa shape index (κ1) is 27.1. The predicted molar refractivity (Wildman–Crippen MR) is 201 cm³/mol. The minimum absolute atomic E-state index is 0.201. The van der Waals surface area contributed by atoms with Crippen LogP contribution < -0.4 is 0 Å². The fourth-order valence-corrected chi connectivity index (χ4v) is 11.6. The topological polar surface area (TPSA) is 0 Å². The Morgan fingerprint density at radius 1 is 0.354 bits per heavy atom. The summed E-state index contributed by atoms with van der Waals surface area (Å²) in [6, 6.07) is 55.2. The second-order valence-corrected chi connectivity index (χ2v) is 15.2. The van der Waals surface area contributed by atoms with Gasteiger partial charge in [0.1, 0.15) is 0 Å². The van der Waals surface area contributed by atoms with Gasteiger partial charge >= 0.3 is 0 Å². The number of hydrogen-bond donors (Lipinski definition) is 0. The molecule has 4 saturated carbocycles. The smallest absolute Gasteiger partial charge is 0.0271 e. The summed E-state index contributed by atoms with van der Waals surface area (Å²) in [5, 5.41) is 5.27. The molecule has 0 N–H and O–H groups in total. The van der Waals surface area contributed by atoms with Crippen LogP contribution in [0, 0.1) is 23.7 Å². The summed E-state index contributed by atoms with van der Waals surface area (Å²) < 4.78 is 0. The van der Waals surface area contributed by atoms with Gasteiger partial charge in [-0.25, -0.2) is 0 Å². The zero-order valence-electron chi connectivity index (χ0n) is 27.2. The van der Waals surface area contributed by atoms with Gasteiger partial charge in [0.2, 0.25) is 0 Å². The van der Waals surface area contributed by atoms with E-state index in [-0.39, 0.29) is 5.41 Å². The molecule has 0 heteroatoms. The Morgan fingerprint density at radius 3 is 1.50 bits per heavy atom. The van der Waals surface area contributed by atoms with E-state index >= 15 is 0 Å². The van der Waals surface area contributed by atoms with Crippen molar-refractivity contribution in [2.24, 2.45) is 23.7 Å². The monoisotopic (exact) mass is 614 g/mol. The van der Waals surface area contributed by atoms with Crippen LogP contribution in [0.5, 0.6) is 0 Å². The van der Waals surface area contributed by atoms with Crippen molar-refractivity contribution in [2.45, 2.75) is 37.5 Å². The molecule has 1 spiro atoms. The summed E-state index contributed by atoms with van der Waals surface area (Å²) in [4.78, 5) is 0. The highest BCUT2D eigenvalue weighted by Crippen LogP contribution is 2.69. The molecule has 0 unspecified atom stereocenters. The normalized spacial score (nSPS) is 24.8. The number of hydrogen-bond acceptors (Lipinski definition) is 0. The zero-order chi connectivity index (χ0) is 31.4. The van der Waals surface area contributed by atoms with Crippen molar-refractivity contribution in [3.8, 4) is 44.5 Å². The first-order valence-electron chi connectivity index (χ1n) is 18.1. The van der Waals surface area contributed by atoms with Gasteiger partial charge in [-0.3, -0.25) is 0 Å². The van der Waals surface area contributed by atoms with Crippen molar-refractivity contribution >= 4 is 21.5 Å². The lowest BCUT2D eigenvalue weighted by atomic mass is 9.43. The lowest BCUT2D eigenvalue weighted by molar-refractivity contribution is -0.0399. The molecular weight excluding hydrogens is 577 g/mol. The molecule has 4 fully saturated rings. The van der Waals surface area contributed by atoms with Gasteiger partial charge in [0, 0.05) is 5.41 Å². The van der Waals surface area contributed by atoms with E-state index in [0.717, 1.165) is 23.7 Å². The van der Waals surface area contributed by atoms with Crippen LogP contribution in [-0.2, 0) is 5.41 Å². The van der Waals surface area contributed by atoms with Crippen LogP contribution >= 0.6 is 0 Å². The van der Waals surface area contributed by atoms with Crippen LogP contribution in [0.1, 0.15) is 43.2 Å². The van der Waals surface area contributed by atoms with Crippen LogP contribution in [0.15, 0.2) is 146 Å². The van der Waals surface area contributed by atoms with Gasteiger partial charge in [0.15, 0.2) is 0 Å². The molecule has 5 aliphatic rings. The Labute approximate surface area is 283 Å². The third-order valence-electron chi connectivity index (χ3n) is 13.1. The molecule has 12 rings (SSSR count). The summed E-state index contributed by atoms with van der Waals surface area (Å²) in [5.74, 6) is 3.48. The van der Waals surface area contributed by atoms with E-state index in [4.69, 9.17) is 0 Å². The second kappa shape index (κ2) is 10.0. The van der Waals surface area contributed by atoms with Crippen molar-refractivity contribution < 1.29 is 0 Å². The molecule has 5 aliphatic carbocycles. The minimum atomic E-state index is 0.201. The summed E-state index contributed by atoms with van der Waals surface area (Å²) in [6.45, 7) is 0. The molecule has 0 aliphatic heterocycles. The minimum Gasteiger partial charge on any atom is -0.0622 e. The Kier molecular flexibility index (Phi) is 5.66. The molecule has 7 aromatic carbocycles. The van der Waals surface area contributed by atoms with Gasteiger partial charge in [0.05, 0.1) is 0 Å². The summed E-state index contributed by atoms with van der Waals surface area (Å²) in [6.07, 6.45) is 7.17. The average Bonchev–Trinajstić information content (AvgIpc) is 3.43. The average molecular weight is 615 g/mol. The molecule has 0 amide bonds. The van der Waals surface area contributed by atoms with E-state index in [2.05, 4.69) is 146 Å². The third kappa shape index (κ3) is 3.56. The molecule has 0 heterocycles. The third-order valence-corrected chi connectivity index (χ3v) is 13.1. The SMILES string of the molecule is c1ccc(-c2ccccc2-c2c3ccccc3c(-c3ccc4c(c3)-c3ccccc3C43C4CC5CC(C4)CC3C5)c3ccccc23)cc1. The maximum atomic E-state index is 2.58. The second-order valence-electron chi connectivity index (χ2n) is 15.2. The molecule has 7 aromatic rings. The van der Waals surface area contributed by atoms with Crippen LogP contribution in [0.3, 0.4) is 0 Å². The van der Waals surface area contributed by atoms with Gasteiger partial charge < -0.3 is 0 Å². The van der Waals surface area contributed by atoms with Crippen molar-refractivity contribution in [1.82, 2.24) is 0 Å². The maximum absolute atomic E-state index is 2.58. The lowest BCUT2D eigenvalue weighted by Crippen LogP contribution is -2.55. The maximum Gasteiger partial charge on any atom is 0.0271 e. The number of fused-ring (bicyclic) bond motifs is 5. The molecule has 0 nitrogen and oxygen atoms in total. The van der Waals surface area contributed by atoms with Crippen LogP contribution in [0.4, 0.5) is 0 Å². The highest BCUT2D eigenvalue weighted by Gasteiger charge is 2.61. The van der Waals surface area contributed by atoms with Gasteiger partial charge in [-0.05, 0) is 139 Å². The highest BCUT2D eigenvalue weighted by atomic mass is 14.6. The summed E-state index contributed by atoms with van der Waals surface area (Å²) >= 11 is 0. The van der Waals surface area contributed by atoms with E-state index in [1.54, 1.807) is 11.1 Å². The predicted octanol–water partition coefficient (Wildman–Crippen LogP) is 12.7. The van der Waals surface area contributed by atoms with E-state index < -0.39 is 0 Å². The van der Waals surface area contributed by atoms with Crippen molar-refractivity contribution in [3.63, 3.8) is 0 Å². The molecule has 0 saturated heterocycles. The van der Waals surface area contributed by atoms with Crippen LogP contribution in [-0.4, -0.2) is 0 Å². The molecule has 0 radical (unpaired) electrons. The van der Waals surface area contributed by atoms with Crippen LogP contribution in [0.2, 0.25) is 0 Å². The first-order valence-corrected chi connectivity index (χ1v) is 18.1. The van der Waals surface area contributed by atoms with Gasteiger partial charge in [-0.2, -0.15) is 0 Å². The largest absolute Gasteiger partial charge is 0.0622 e. The fraction of sp³-hybridized carbons (Fsp3) is 0.208. The van der Waals surface area contributed by atoms with Crippen molar-refractivity contribution in [3.05, 3.63) is 157 Å². The van der Waals surface area contributed by atoms with Gasteiger partial charge in [-0.1, -0.05) is 140 Å². The first-order chi connectivity index (χ1) is 23.8. The molecule has 0 aromatic heterocycles. The Bertz CT molecular complexity index is 2330. The highest BCUT2D eigenvalue weighted by molar-refractivity contribution is 6.22. The Hall–Kier alpha value is -4.94. The van der Waals surface area contributed by atoms with Crippen molar-refractivity contribution in [2.75, 3.05) is 0 Å². The summed E-state index contributed by atoms with van der Waals surface area (Å²) in [5.41, 5.74) is 14.3. The van der Waals surface area contributed by atoms with Crippen molar-refractivity contribution in [1.29, 1.82) is 0 Å². The molecule has 230 valence electrons. The molecular formula is C48H38. The molecule has 4 bridgehead atoms. The van der Waals surface area contributed by atoms with Crippen LogP contribution in [0.25, 0.3) is 66.1 Å². The molecule has 0 atom stereocenters. The van der Waals surface area contributed by atoms with Gasteiger partial charge in [0.25, 0.3) is 0 Å². The Balaban J connectivity index is 1.17. The van der Waals surface area contributed by atoms with E-state index in [1.165, 1.54) is 98.2 Å². The van der Waals surface area contributed by atoms with E-state index in [1.807, 2.05) is 0 Å². The number of benzene rings is 7. The zero-order valence-corrected chi connectivity index (χ0v) is 27.2. The quantitative estimate of drug-likeness (QED) is 0.174. The fourth-order valence-electron chi connectivity index (χ4n) is 11.6. The molecule has 48 heavy (non-hydrogen) atoms. The van der Waals surface area contributed by atoms with E-state index in [9.17, 15) is 0 Å².